The first kappa shape index (κ1) is 22.0. The largest absolute Gasteiger partial charge is 0.494 e. The molecular weight excluding hydrogens is 388 g/mol. The van der Waals surface area contributed by atoms with Crippen LogP contribution in [0.2, 0.25) is 0 Å². The van der Waals surface area contributed by atoms with Gasteiger partial charge in [-0.15, -0.1) is 0 Å². The molecule has 0 radical (unpaired) electrons. The first-order chi connectivity index (χ1) is 14.3. The molecule has 7 heteroatoms. The average molecular weight is 423 g/mol. The van der Waals surface area contributed by atoms with E-state index in [0.717, 1.165) is 30.8 Å². The van der Waals surface area contributed by atoms with Crippen LogP contribution < -0.4 is 4.74 Å². The van der Waals surface area contributed by atoms with Crippen LogP contribution in [0.1, 0.15) is 53.0 Å². The Morgan fingerprint density at radius 1 is 0.867 bits per heavy atom. The molecule has 1 aromatic rings. The Hall–Kier alpha value is -1.22. The summed E-state index contributed by atoms with van der Waals surface area (Å²) in [6, 6.07) is 8.01. The molecule has 0 amide bonds. The first-order valence-corrected chi connectivity index (χ1v) is 10.9. The molecule has 0 bridgehead atoms. The zero-order valence-electron chi connectivity index (χ0n) is 18.6. The third-order valence-electron chi connectivity index (χ3n) is 5.49. The standard InChI is InChI=1S/C23H34O7/c1-6-7-12-25-16-10-8-15(9-11-16)13-24-14-17-18-19(28-22(2,3)27-18)20-21(26-17)30-23(4,5)29-20/h8-11,17-21H,6-7,12-14H2,1-5H3. The molecule has 7 nitrogen and oxygen atoms in total. The Bertz CT molecular complexity index is 702. The third kappa shape index (κ3) is 4.98. The van der Waals surface area contributed by atoms with Crippen LogP contribution in [-0.2, 0) is 35.0 Å². The van der Waals surface area contributed by atoms with Gasteiger partial charge in [0.15, 0.2) is 17.9 Å². The fraction of sp³-hybridized carbons (Fsp3) is 0.739. The summed E-state index contributed by atoms with van der Waals surface area (Å²) in [4.78, 5) is 0. The highest BCUT2D eigenvalue weighted by Crippen LogP contribution is 2.44. The van der Waals surface area contributed by atoms with Gasteiger partial charge < -0.3 is 33.2 Å². The quantitative estimate of drug-likeness (QED) is 0.591. The van der Waals surface area contributed by atoms with Gasteiger partial charge in [0.25, 0.3) is 0 Å². The fourth-order valence-corrected chi connectivity index (χ4v) is 4.14. The lowest BCUT2D eigenvalue weighted by atomic mass is 9.99. The van der Waals surface area contributed by atoms with E-state index in [-0.39, 0.29) is 24.4 Å². The van der Waals surface area contributed by atoms with Crippen LogP contribution in [-0.4, -0.2) is 55.5 Å². The Morgan fingerprint density at radius 3 is 2.27 bits per heavy atom. The maximum Gasteiger partial charge on any atom is 0.190 e. The van der Waals surface area contributed by atoms with Gasteiger partial charge in [-0.05, 0) is 51.8 Å². The van der Waals surface area contributed by atoms with Crippen molar-refractivity contribution in [2.45, 2.75) is 96.3 Å². The topological polar surface area (TPSA) is 64.6 Å². The van der Waals surface area contributed by atoms with Crippen molar-refractivity contribution in [2.75, 3.05) is 13.2 Å². The van der Waals surface area contributed by atoms with Crippen LogP contribution in [0.3, 0.4) is 0 Å². The molecule has 5 atom stereocenters. The number of ether oxygens (including phenoxy) is 7. The highest BCUT2D eigenvalue weighted by atomic mass is 16.9. The molecule has 0 N–H and O–H groups in total. The van der Waals surface area contributed by atoms with Crippen LogP contribution in [0, 0.1) is 0 Å². The molecule has 30 heavy (non-hydrogen) atoms. The van der Waals surface area contributed by atoms with E-state index < -0.39 is 17.9 Å². The zero-order valence-corrected chi connectivity index (χ0v) is 18.6. The molecule has 0 aliphatic carbocycles. The number of benzene rings is 1. The molecule has 4 rings (SSSR count). The molecule has 3 aliphatic rings. The SMILES string of the molecule is CCCCOc1ccc(COCC2OC3OC(C)(C)OC3C3OC(C)(C)OC23)cc1. The molecule has 0 saturated carbocycles. The minimum atomic E-state index is -0.716. The maximum atomic E-state index is 6.17. The molecule has 1 aromatic carbocycles. The van der Waals surface area contributed by atoms with Gasteiger partial charge in [-0.1, -0.05) is 25.5 Å². The predicted molar refractivity (Wildman–Crippen MR) is 109 cm³/mol. The lowest BCUT2D eigenvalue weighted by Gasteiger charge is -2.37. The Balaban J connectivity index is 1.33. The van der Waals surface area contributed by atoms with E-state index in [0.29, 0.717) is 13.2 Å². The molecule has 5 unspecified atom stereocenters. The minimum absolute atomic E-state index is 0.256. The summed E-state index contributed by atoms with van der Waals surface area (Å²) in [6.45, 7) is 11.3. The predicted octanol–water partition coefficient (Wildman–Crippen LogP) is 3.78. The van der Waals surface area contributed by atoms with Crippen LogP contribution in [0.15, 0.2) is 24.3 Å². The van der Waals surface area contributed by atoms with Crippen LogP contribution in [0.4, 0.5) is 0 Å². The highest BCUT2D eigenvalue weighted by Gasteiger charge is 2.60. The van der Waals surface area contributed by atoms with Crippen LogP contribution >= 0.6 is 0 Å². The summed E-state index contributed by atoms with van der Waals surface area (Å²) in [5.41, 5.74) is 1.08. The number of fused-ring (bicyclic) bond motifs is 3. The molecule has 0 spiro atoms. The second-order valence-electron chi connectivity index (χ2n) is 9.07. The van der Waals surface area contributed by atoms with E-state index >= 15 is 0 Å². The molecular formula is C23H34O7. The van der Waals surface area contributed by atoms with Crippen molar-refractivity contribution in [3.8, 4) is 5.75 Å². The zero-order chi connectivity index (χ0) is 21.4. The van der Waals surface area contributed by atoms with Gasteiger partial charge in [0.1, 0.15) is 30.2 Å². The number of unbranched alkanes of at least 4 members (excludes halogenated alkanes) is 1. The van der Waals surface area contributed by atoms with Crippen molar-refractivity contribution < 1.29 is 33.2 Å². The minimum Gasteiger partial charge on any atom is -0.494 e. The summed E-state index contributed by atoms with van der Waals surface area (Å²) < 4.78 is 42.1. The second kappa shape index (κ2) is 8.73. The van der Waals surface area contributed by atoms with Crippen molar-refractivity contribution in [3.05, 3.63) is 29.8 Å². The summed E-state index contributed by atoms with van der Waals surface area (Å²) in [5.74, 6) is -0.529. The summed E-state index contributed by atoms with van der Waals surface area (Å²) >= 11 is 0. The first-order valence-electron chi connectivity index (χ1n) is 10.9. The van der Waals surface area contributed by atoms with Crippen molar-refractivity contribution in [3.63, 3.8) is 0 Å². The Kier molecular flexibility index (Phi) is 6.40. The number of hydrogen-bond acceptors (Lipinski definition) is 7. The number of hydrogen-bond donors (Lipinski definition) is 0. The van der Waals surface area contributed by atoms with Gasteiger partial charge in [0.05, 0.1) is 19.8 Å². The van der Waals surface area contributed by atoms with Crippen molar-refractivity contribution in [1.29, 1.82) is 0 Å². The van der Waals surface area contributed by atoms with Crippen LogP contribution in [0.25, 0.3) is 0 Å². The molecule has 3 fully saturated rings. The average Bonchev–Trinajstić information content (AvgIpc) is 3.17. The molecule has 0 aromatic heterocycles. The maximum absolute atomic E-state index is 6.17. The van der Waals surface area contributed by atoms with Gasteiger partial charge in [-0.2, -0.15) is 0 Å². The lowest BCUT2D eigenvalue weighted by Crippen LogP contribution is -2.56. The smallest absolute Gasteiger partial charge is 0.190 e. The summed E-state index contributed by atoms with van der Waals surface area (Å²) in [5, 5.41) is 0. The second-order valence-corrected chi connectivity index (χ2v) is 9.07. The van der Waals surface area contributed by atoms with E-state index in [1.54, 1.807) is 0 Å². The Labute approximate surface area is 178 Å². The molecule has 3 heterocycles. The van der Waals surface area contributed by atoms with E-state index in [9.17, 15) is 0 Å². The third-order valence-corrected chi connectivity index (χ3v) is 5.49. The van der Waals surface area contributed by atoms with Crippen molar-refractivity contribution in [1.82, 2.24) is 0 Å². The normalized spacial score (nSPS) is 33.8. The monoisotopic (exact) mass is 422 g/mol. The van der Waals surface area contributed by atoms with Gasteiger partial charge in [0, 0.05) is 0 Å². The van der Waals surface area contributed by atoms with E-state index in [2.05, 4.69) is 6.92 Å². The van der Waals surface area contributed by atoms with Gasteiger partial charge >= 0.3 is 0 Å². The van der Waals surface area contributed by atoms with Gasteiger partial charge in [-0.3, -0.25) is 0 Å². The molecule has 3 aliphatic heterocycles. The Morgan fingerprint density at radius 2 is 1.53 bits per heavy atom. The molecule has 3 saturated heterocycles. The summed E-state index contributed by atoms with van der Waals surface area (Å²) in [7, 11) is 0. The van der Waals surface area contributed by atoms with Crippen LogP contribution in [0.5, 0.6) is 5.75 Å². The summed E-state index contributed by atoms with van der Waals surface area (Å²) in [6.07, 6.45) is 0.549. The lowest BCUT2D eigenvalue weighted by molar-refractivity contribution is -0.243. The number of rotatable bonds is 8. The van der Waals surface area contributed by atoms with E-state index in [4.69, 9.17) is 33.2 Å². The highest BCUT2D eigenvalue weighted by molar-refractivity contribution is 5.26. The van der Waals surface area contributed by atoms with Crippen molar-refractivity contribution >= 4 is 0 Å². The molecule has 168 valence electrons. The van der Waals surface area contributed by atoms with Gasteiger partial charge in [-0.25, -0.2) is 0 Å². The van der Waals surface area contributed by atoms with E-state index in [1.807, 2.05) is 52.0 Å². The fourth-order valence-electron chi connectivity index (χ4n) is 4.14. The van der Waals surface area contributed by atoms with Gasteiger partial charge in [0.2, 0.25) is 0 Å². The van der Waals surface area contributed by atoms with E-state index in [1.165, 1.54) is 0 Å². The van der Waals surface area contributed by atoms with Crippen molar-refractivity contribution in [2.24, 2.45) is 0 Å².